The molecule has 16 heavy (non-hydrogen) atoms. The Labute approximate surface area is 98.8 Å². The van der Waals surface area contributed by atoms with Gasteiger partial charge in [-0.05, 0) is 31.0 Å². The molecule has 1 aromatic rings. The Hall–Kier alpha value is -1.36. The van der Waals surface area contributed by atoms with Gasteiger partial charge in [0.25, 0.3) is 5.91 Å². The quantitative estimate of drug-likeness (QED) is 0.603. The van der Waals surface area contributed by atoms with E-state index >= 15 is 0 Å². The normalized spacial score (nSPS) is 10.1. The average Bonchev–Trinajstić information content (AvgIpc) is 2.72. The molecule has 0 fully saturated rings. The van der Waals surface area contributed by atoms with Crippen LogP contribution in [0, 0.1) is 0 Å². The summed E-state index contributed by atoms with van der Waals surface area (Å²) in [6.07, 6.45) is 2.56. The van der Waals surface area contributed by atoms with Gasteiger partial charge in [0, 0.05) is 25.7 Å². The highest BCUT2D eigenvalue weighted by Gasteiger charge is 2.08. The molecule has 5 nitrogen and oxygen atoms in total. The van der Waals surface area contributed by atoms with Crippen LogP contribution < -0.4 is 5.32 Å². The van der Waals surface area contributed by atoms with Crippen molar-refractivity contribution in [2.24, 2.45) is 0 Å². The number of aryl methyl sites for hydroxylation is 1. The van der Waals surface area contributed by atoms with Gasteiger partial charge in [-0.3, -0.25) is 14.3 Å². The van der Waals surface area contributed by atoms with E-state index in [4.69, 9.17) is 11.6 Å². The number of hydrogen-bond donors (Lipinski definition) is 1. The summed E-state index contributed by atoms with van der Waals surface area (Å²) in [5.74, 6) is -0.228. The van der Waals surface area contributed by atoms with E-state index in [1.807, 2.05) is 6.92 Å². The minimum absolute atomic E-state index is 0.228. The van der Waals surface area contributed by atoms with Crippen LogP contribution in [0.2, 0.25) is 0 Å². The zero-order valence-corrected chi connectivity index (χ0v) is 9.83. The fraction of sp³-hybridized carbons (Fsp3) is 0.500. The van der Waals surface area contributed by atoms with E-state index in [-0.39, 0.29) is 17.6 Å². The highest BCUT2D eigenvalue weighted by Crippen LogP contribution is 1.97. The van der Waals surface area contributed by atoms with Crippen LogP contribution in [-0.2, 0) is 11.3 Å². The molecule has 0 unspecified atom stereocenters. The standard InChI is InChI=1S/C10H14ClN3O2/c1-2-14-7-5-8(13-14)10(16)12-6-3-4-9(11)15/h5,7H,2-4,6H2,1H3,(H,12,16). The van der Waals surface area contributed by atoms with Crippen LogP contribution in [0.1, 0.15) is 30.3 Å². The van der Waals surface area contributed by atoms with E-state index < -0.39 is 0 Å². The third-order valence-electron chi connectivity index (χ3n) is 2.03. The van der Waals surface area contributed by atoms with E-state index in [1.54, 1.807) is 16.9 Å². The van der Waals surface area contributed by atoms with E-state index in [9.17, 15) is 9.59 Å². The molecule has 0 radical (unpaired) electrons. The molecule has 1 heterocycles. The summed E-state index contributed by atoms with van der Waals surface area (Å²) in [6, 6.07) is 1.66. The molecule has 1 rings (SSSR count). The largest absolute Gasteiger partial charge is 0.351 e. The monoisotopic (exact) mass is 243 g/mol. The van der Waals surface area contributed by atoms with Crippen molar-refractivity contribution in [3.8, 4) is 0 Å². The molecule has 0 atom stereocenters. The number of carbonyl (C=O) groups is 2. The molecule has 0 bridgehead atoms. The number of halogens is 1. The highest BCUT2D eigenvalue weighted by atomic mass is 35.5. The summed E-state index contributed by atoms with van der Waals surface area (Å²) >= 11 is 5.16. The Morgan fingerprint density at radius 2 is 2.31 bits per heavy atom. The van der Waals surface area contributed by atoms with Crippen LogP contribution >= 0.6 is 11.6 Å². The lowest BCUT2D eigenvalue weighted by atomic mass is 10.3. The average molecular weight is 244 g/mol. The number of hydrogen-bond acceptors (Lipinski definition) is 3. The second-order valence-corrected chi connectivity index (χ2v) is 3.69. The Bertz CT molecular complexity index is 376. The second kappa shape index (κ2) is 6.27. The van der Waals surface area contributed by atoms with Crippen LogP contribution in [0.25, 0.3) is 0 Å². The molecule has 0 saturated heterocycles. The summed E-state index contributed by atoms with van der Waals surface area (Å²) in [5.41, 5.74) is 0.388. The Morgan fingerprint density at radius 1 is 1.56 bits per heavy atom. The first-order valence-electron chi connectivity index (χ1n) is 5.13. The molecule has 0 aliphatic carbocycles. The smallest absolute Gasteiger partial charge is 0.271 e. The van der Waals surface area contributed by atoms with Gasteiger partial charge in [0.2, 0.25) is 5.24 Å². The predicted molar refractivity (Wildman–Crippen MR) is 60.3 cm³/mol. The maximum Gasteiger partial charge on any atom is 0.271 e. The molecule has 0 saturated carbocycles. The lowest BCUT2D eigenvalue weighted by molar-refractivity contribution is -0.111. The van der Waals surface area contributed by atoms with E-state index in [2.05, 4.69) is 10.4 Å². The minimum atomic E-state index is -0.385. The van der Waals surface area contributed by atoms with Crippen LogP contribution in [-0.4, -0.2) is 27.5 Å². The molecular formula is C10H14ClN3O2. The number of nitrogens with zero attached hydrogens (tertiary/aromatic N) is 2. The zero-order chi connectivity index (χ0) is 12.0. The molecule has 0 spiro atoms. The number of nitrogens with one attached hydrogen (secondary N) is 1. The van der Waals surface area contributed by atoms with Gasteiger partial charge in [-0.2, -0.15) is 5.10 Å². The van der Waals surface area contributed by atoms with Gasteiger partial charge in [-0.15, -0.1) is 0 Å². The van der Waals surface area contributed by atoms with Crippen molar-refractivity contribution in [3.63, 3.8) is 0 Å². The summed E-state index contributed by atoms with van der Waals surface area (Å²) in [5, 5.41) is 6.34. The van der Waals surface area contributed by atoms with Crippen molar-refractivity contribution in [1.82, 2.24) is 15.1 Å². The van der Waals surface area contributed by atoms with Gasteiger partial charge < -0.3 is 5.32 Å². The molecule has 6 heteroatoms. The molecule has 1 aromatic heterocycles. The molecule has 0 aromatic carbocycles. The maximum atomic E-state index is 11.5. The summed E-state index contributed by atoms with van der Waals surface area (Å²) in [7, 11) is 0. The third kappa shape index (κ3) is 4.02. The molecular weight excluding hydrogens is 230 g/mol. The number of aromatic nitrogens is 2. The van der Waals surface area contributed by atoms with Gasteiger partial charge in [-0.25, -0.2) is 0 Å². The Balaban J connectivity index is 2.32. The zero-order valence-electron chi connectivity index (χ0n) is 9.07. The second-order valence-electron chi connectivity index (χ2n) is 3.27. The fourth-order valence-electron chi connectivity index (χ4n) is 1.18. The summed E-state index contributed by atoms with van der Waals surface area (Å²) in [6.45, 7) is 3.10. The minimum Gasteiger partial charge on any atom is -0.351 e. The summed E-state index contributed by atoms with van der Waals surface area (Å²) < 4.78 is 1.68. The van der Waals surface area contributed by atoms with Gasteiger partial charge in [-0.1, -0.05) is 0 Å². The molecule has 0 aliphatic heterocycles. The van der Waals surface area contributed by atoms with Gasteiger partial charge in [0.15, 0.2) is 0 Å². The topological polar surface area (TPSA) is 64.0 Å². The Morgan fingerprint density at radius 3 is 2.88 bits per heavy atom. The van der Waals surface area contributed by atoms with Crippen molar-refractivity contribution < 1.29 is 9.59 Å². The molecule has 1 amide bonds. The molecule has 1 N–H and O–H groups in total. The van der Waals surface area contributed by atoms with Crippen molar-refractivity contribution in [2.75, 3.05) is 6.54 Å². The highest BCUT2D eigenvalue weighted by molar-refractivity contribution is 6.63. The van der Waals surface area contributed by atoms with Gasteiger partial charge >= 0.3 is 0 Å². The first kappa shape index (κ1) is 12.7. The number of rotatable bonds is 6. The number of amides is 1. The van der Waals surface area contributed by atoms with E-state index in [1.165, 1.54) is 0 Å². The van der Waals surface area contributed by atoms with E-state index in [0.717, 1.165) is 6.54 Å². The Kier molecular flexibility index (Phi) is 4.98. The van der Waals surface area contributed by atoms with Crippen LogP contribution in [0.4, 0.5) is 0 Å². The molecule has 88 valence electrons. The van der Waals surface area contributed by atoms with E-state index in [0.29, 0.717) is 18.7 Å². The van der Waals surface area contributed by atoms with Gasteiger partial charge in [0.1, 0.15) is 5.69 Å². The number of carbonyl (C=O) groups excluding carboxylic acids is 2. The van der Waals surface area contributed by atoms with Crippen LogP contribution in [0.15, 0.2) is 12.3 Å². The van der Waals surface area contributed by atoms with Crippen LogP contribution in [0.5, 0.6) is 0 Å². The maximum absolute atomic E-state index is 11.5. The first-order chi connectivity index (χ1) is 7.63. The first-order valence-corrected chi connectivity index (χ1v) is 5.51. The fourth-order valence-corrected chi connectivity index (χ4v) is 1.31. The van der Waals surface area contributed by atoms with Crippen molar-refractivity contribution in [1.29, 1.82) is 0 Å². The lowest BCUT2D eigenvalue weighted by Crippen LogP contribution is -2.25. The lowest BCUT2D eigenvalue weighted by Gasteiger charge is -2.01. The molecule has 0 aliphatic rings. The van der Waals surface area contributed by atoms with Crippen molar-refractivity contribution in [3.05, 3.63) is 18.0 Å². The van der Waals surface area contributed by atoms with Crippen molar-refractivity contribution in [2.45, 2.75) is 26.3 Å². The van der Waals surface area contributed by atoms with Crippen LogP contribution in [0.3, 0.4) is 0 Å². The van der Waals surface area contributed by atoms with Gasteiger partial charge in [0.05, 0.1) is 0 Å². The third-order valence-corrected chi connectivity index (χ3v) is 2.22. The summed E-state index contributed by atoms with van der Waals surface area (Å²) in [4.78, 5) is 22.0. The van der Waals surface area contributed by atoms with Crippen molar-refractivity contribution >= 4 is 22.8 Å². The SMILES string of the molecule is CCn1ccc(C(=O)NCCCC(=O)Cl)n1. The predicted octanol–water partition coefficient (Wildman–Crippen LogP) is 1.18.